The minimum atomic E-state index is -0.859. The third kappa shape index (κ3) is 3.00. The Morgan fingerprint density at radius 2 is 2.11 bits per heavy atom. The van der Waals surface area contributed by atoms with Gasteiger partial charge in [0.15, 0.2) is 5.82 Å². The highest BCUT2D eigenvalue weighted by atomic mass is 35.5. The summed E-state index contributed by atoms with van der Waals surface area (Å²) in [5, 5.41) is 2.97. The average Bonchev–Trinajstić information content (AvgIpc) is 2.36. The maximum atomic E-state index is 13.3. The summed E-state index contributed by atoms with van der Waals surface area (Å²) in [5.41, 5.74) is 0.320. The Bertz CT molecular complexity index is 649. The monoisotopic (exact) mass is 299 g/mol. The molecule has 0 aliphatic carbocycles. The lowest BCUT2D eigenvalue weighted by molar-refractivity contribution is 0.102. The summed E-state index contributed by atoms with van der Waals surface area (Å²) in [4.78, 5) is 19.3. The van der Waals surface area contributed by atoms with Gasteiger partial charge in [0.25, 0.3) is 5.91 Å². The molecule has 2 aromatic heterocycles. The van der Waals surface area contributed by atoms with E-state index in [2.05, 4.69) is 15.3 Å². The van der Waals surface area contributed by atoms with Crippen LogP contribution in [-0.4, -0.2) is 15.9 Å². The van der Waals surface area contributed by atoms with E-state index in [4.69, 9.17) is 23.2 Å². The highest BCUT2D eigenvalue weighted by Gasteiger charge is 2.15. The van der Waals surface area contributed by atoms with E-state index in [9.17, 15) is 9.18 Å². The molecular weight excluding hydrogens is 292 g/mol. The number of carbonyl (C=O) groups excluding carboxylic acids is 1. The van der Waals surface area contributed by atoms with Gasteiger partial charge in [0.1, 0.15) is 0 Å². The molecule has 19 heavy (non-hydrogen) atoms. The number of carbonyl (C=O) groups is 1. The number of halogens is 3. The molecule has 0 saturated carbocycles. The molecule has 2 heterocycles. The molecular formula is C12H8Cl2FN3O. The smallest absolute Gasteiger partial charge is 0.261 e. The number of aryl methyl sites for hydroxylation is 1. The lowest BCUT2D eigenvalue weighted by Gasteiger charge is -2.08. The van der Waals surface area contributed by atoms with Crippen molar-refractivity contribution in [3.05, 3.63) is 51.6 Å². The minimum Gasteiger partial charge on any atom is -0.305 e. The number of amides is 1. The normalized spacial score (nSPS) is 10.3. The fourth-order valence-corrected chi connectivity index (χ4v) is 1.78. The number of hydrogen-bond acceptors (Lipinski definition) is 3. The Morgan fingerprint density at radius 1 is 1.37 bits per heavy atom. The first-order valence-corrected chi connectivity index (χ1v) is 5.99. The van der Waals surface area contributed by atoms with Crippen LogP contribution in [0.25, 0.3) is 0 Å². The third-order valence-corrected chi connectivity index (χ3v) is 3.01. The Hall–Kier alpha value is -1.72. The molecule has 0 bridgehead atoms. The predicted molar refractivity (Wildman–Crippen MR) is 71.1 cm³/mol. The van der Waals surface area contributed by atoms with Gasteiger partial charge in [-0.05, 0) is 25.1 Å². The predicted octanol–water partition coefficient (Wildman–Crippen LogP) is 3.48. The summed E-state index contributed by atoms with van der Waals surface area (Å²) in [6.45, 7) is 1.67. The number of pyridine rings is 2. The SMILES string of the molecule is Cc1nc(NC(=O)c2cccnc2F)c(Cl)cc1Cl. The van der Waals surface area contributed by atoms with Crippen LogP contribution in [0.15, 0.2) is 24.4 Å². The first-order valence-electron chi connectivity index (χ1n) is 5.23. The van der Waals surface area contributed by atoms with Crippen LogP contribution in [0.5, 0.6) is 0 Å². The molecule has 0 aliphatic rings. The first kappa shape index (κ1) is 13.7. The van der Waals surface area contributed by atoms with Crippen LogP contribution in [0.2, 0.25) is 10.0 Å². The van der Waals surface area contributed by atoms with Crippen LogP contribution < -0.4 is 5.32 Å². The fraction of sp³-hybridized carbons (Fsp3) is 0.0833. The van der Waals surface area contributed by atoms with Crippen molar-refractivity contribution in [2.24, 2.45) is 0 Å². The van der Waals surface area contributed by atoms with Gasteiger partial charge < -0.3 is 5.32 Å². The molecule has 2 rings (SSSR count). The maximum Gasteiger partial charge on any atom is 0.261 e. The van der Waals surface area contributed by atoms with Crippen molar-refractivity contribution < 1.29 is 9.18 Å². The number of aromatic nitrogens is 2. The lowest BCUT2D eigenvalue weighted by atomic mass is 10.2. The summed E-state index contributed by atoms with van der Waals surface area (Å²) in [7, 11) is 0. The van der Waals surface area contributed by atoms with Crippen LogP contribution in [-0.2, 0) is 0 Å². The van der Waals surface area contributed by atoms with Crippen molar-refractivity contribution >= 4 is 34.9 Å². The van der Waals surface area contributed by atoms with Gasteiger partial charge in [-0.2, -0.15) is 4.39 Å². The van der Waals surface area contributed by atoms with Crippen LogP contribution in [0, 0.1) is 12.9 Å². The topological polar surface area (TPSA) is 54.9 Å². The van der Waals surface area contributed by atoms with Crippen molar-refractivity contribution in [3.8, 4) is 0 Å². The van der Waals surface area contributed by atoms with Crippen molar-refractivity contribution in [1.82, 2.24) is 9.97 Å². The molecule has 0 atom stereocenters. The molecule has 0 fully saturated rings. The van der Waals surface area contributed by atoms with Crippen molar-refractivity contribution in [3.63, 3.8) is 0 Å². The lowest BCUT2D eigenvalue weighted by Crippen LogP contribution is -2.16. The molecule has 4 nitrogen and oxygen atoms in total. The largest absolute Gasteiger partial charge is 0.305 e. The molecule has 98 valence electrons. The van der Waals surface area contributed by atoms with Gasteiger partial charge in [-0.15, -0.1) is 0 Å². The molecule has 0 radical (unpaired) electrons. The quantitative estimate of drug-likeness (QED) is 0.864. The third-order valence-electron chi connectivity index (χ3n) is 2.34. The van der Waals surface area contributed by atoms with Gasteiger partial charge in [0, 0.05) is 6.20 Å². The van der Waals surface area contributed by atoms with Gasteiger partial charge in [-0.1, -0.05) is 23.2 Å². The van der Waals surface area contributed by atoms with Crippen molar-refractivity contribution in [2.75, 3.05) is 5.32 Å². The first-order chi connectivity index (χ1) is 8.99. The Morgan fingerprint density at radius 3 is 2.79 bits per heavy atom. The molecule has 0 unspecified atom stereocenters. The van der Waals surface area contributed by atoms with E-state index in [0.717, 1.165) is 0 Å². The van der Waals surface area contributed by atoms with Gasteiger partial charge in [0.05, 0.1) is 21.3 Å². The second kappa shape index (κ2) is 5.50. The molecule has 0 aromatic carbocycles. The Balaban J connectivity index is 2.30. The van der Waals surface area contributed by atoms with E-state index in [1.54, 1.807) is 6.92 Å². The van der Waals surface area contributed by atoms with Gasteiger partial charge in [-0.3, -0.25) is 4.79 Å². The van der Waals surface area contributed by atoms with Gasteiger partial charge >= 0.3 is 0 Å². The minimum absolute atomic E-state index is 0.122. The number of hydrogen-bond donors (Lipinski definition) is 1. The zero-order valence-electron chi connectivity index (χ0n) is 9.75. The summed E-state index contributed by atoms with van der Waals surface area (Å²) < 4.78 is 13.3. The van der Waals surface area contributed by atoms with E-state index >= 15 is 0 Å². The molecule has 1 amide bonds. The van der Waals surface area contributed by atoms with Crippen molar-refractivity contribution in [1.29, 1.82) is 0 Å². The molecule has 2 aromatic rings. The number of nitrogens with zero attached hydrogens (tertiary/aromatic N) is 2. The maximum absolute atomic E-state index is 13.3. The molecule has 1 N–H and O–H groups in total. The highest BCUT2D eigenvalue weighted by molar-refractivity contribution is 6.36. The zero-order chi connectivity index (χ0) is 14.0. The Kier molecular flexibility index (Phi) is 3.97. The molecule has 0 spiro atoms. The number of anilines is 1. The van der Waals surface area contributed by atoms with E-state index < -0.39 is 11.9 Å². The molecule has 0 aliphatic heterocycles. The second-order valence-electron chi connectivity index (χ2n) is 3.68. The fourth-order valence-electron chi connectivity index (χ4n) is 1.38. The standard InChI is InChI=1S/C12H8Cl2FN3O/c1-6-8(13)5-9(14)11(17-6)18-12(19)7-3-2-4-16-10(7)15/h2-5H,1H3,(H,17,18,19). The highest BCUT2D eigenvalue weighted by Crippen LogP contribution is 2.26. The van der Waals surface area contributed by atoms with Crippen LogP contribution in [0.1, 0.15) is 16.1 Å². The van der Waals surface area contributed by atoms with Gasteiger partial charge in [-0.25, -0.2) is 9.97 Å². The second-order valence-corrected chi connectivity index (χ2v) is 4.50. The van der Waals surface area contributed by atoms with E-state index in [0.29, 0.717) is 10.7 Å². The Labute approximate surface area is 118 Å². The van der Waals surface area contributed by atoms with E-state index in [1.807, 2.05) is 0 Å². The average molecular weight is 300 g/mol. The number of rotatable bonds is 2. The van der Waals surface area contributed by atoms with Crippen LogP contribution in [0.3, 0.4) is 0 Å². The summed E-state index contributed by atoms with van der Waals surface area (Å²) in [6, 6.07) is 4.23. The van der Waals surface area contributed by atoms with Crippen LogP contribution >= 0.6 is 23.2 Å². The molecule has 7 heteroatoms. The van der Waals surface area contributed by atoms with Crippen LogP contribution in [0.4, 0.5) is 10.2 Å². The molecule has 0 saturated heterocycles. The number of nitrogens with one attached hydrogen (secondary N) is 1. The summed E-state index contributed by atoms with van der Waals surface area (Å²) in [5.74, 6) is -1.42. The van der Waals surface area contributed by atoms with Gasteiger partial charge in [0.2, 0.25) is 5.95 Å². The van der Waals surface area contributed by atoms with E-state index in [1.165, 1.54) is 24.4 Å². The van der Waals surface area contributed by atoms with E-state index in [-0.39, 0.29) is 16.4 Å². The zero-order valence-corrected chi connectivity index (χ0v) is 11.3. The summed E-state index contributed by atoms with van der Waals surface area (Å²) in [6.07, 6.45) is 1.25. The van der Waals surface area contributed by atoms with Crippen molar-refractivity contribution in [2.45, 2.75) is 6.92 Å². The summed E-state index contributed by atoms with van der Waals surface area (Å²) >= 11 is 11.7.